The highest BCUT2D eigenvalue weighted by Gasteiger charge is 2.20. The smallest absolute Gasteiger partial charge is 0.254 e. The van der Waals surface area contributed by atoms with E-state index in [9.17, 15) is 9.59 Å². The Kier molecular flexibility index (Phi) is 7.45. The molecule has 2 aromatic rings. The number of carbonyl (C=O) groups is 2. The Hall–Kier alpha value is -2.38. The van der Waals surface area contributed by atoms with Crippen LogP contribution in [0.1, 0.15) is 23.2 Å². The van der Waals surface area contributed by atoms with Crippen LogP contribution in [0, 0.1) is 0 Å². The van der Waals surface area contributed by atoms with Crippen LogP contribution in [-0.4, -0.2) is 65.6 Å². The van der Waals surface area contributed by atoms with Crippen LogP contribution in [0.15, 0.2) is 53.7 Å². The number of amides is 2. The number of para-hydroxylation sites is 1. The summed E-state index contributed by atoms with van der Waals surface area (Å²) < 4.78 is 0. The molecule has 1 fully saturated rings. The van der Waals surface area contributed by atoms with E-state index in [0.29, 0.717) is 25.1 Å². The van der Waals surface area contributed by atoms with Crippen LogP contribution in [0.3, 0.4) is 0 Å². The monoisotopic (exact) mass is 398 g/mol. The summed E-state index contributed by atoms with van der Waals surface area (Å²) in [6.07, 6.45) is 6.65. The van der Waals surface area contributed by atoms with Crippen LogP contribution in [0.25, 0.3) is 0 Å². The van der Waals surface area contributed by atoms with Gasteiger partial charge in [0.1, 0.15) is 0 Å². The predicted molar refractivity (Wildman–Crippen MR) is 113 cm³/mol. The van der Waals surface area contributed by atoms with Crippen molar-refractivity contribution in [1.82, 2.24) is 14.8 Å². The first-order valence-electron chi connectivity index (χ1n) is 9.52. The van der Waals surface area contributed by atoms with Crippen molar-refractivity contribution in [3.63, 3.8) is 0 Å². The molecule has 0 atom stereocenters. The number of rotatable bonds is 6. The molecule has 3 rings (SSSR count). The molecular formula is C21H26N4O2S. The third kappa shape index (κ3) is 5.56. The van der Waals surface area contributed by atoms with Gasteiger partial charge in [-0.15, -0.1) is 11.8 Å². The standard InChI is InChI=1S/C21H26N4O2S/c1-28-19-6-3-2-5-18(19)23-20(26)9-14-24-12-4-13-25(16-15-24)21(27)17-7-10-22-11-8-17/h2-3,5-8,10-11H,4,9,12-16H2,1H3,(H,23,26). The molecule has 0 saturated carbocycles. The molecule has 148 valence electrons. The molecule has 1 N–H and O–H groups in total. The lowest BCUT2D eigenvalue weighted by Crippen LogP contribution is -2.36. The van der Waals surface area contributed by atoms with Crippen LogP contribution in [0.2, 0.25) is 0 Å². The van der Waals surface area contributed by atoms with E-state index in [1.54, 1.807) is 36.3 Å². The van der Waals surface area contributed by atoms with Crippen molar-refractivity contribution in [2.24, 2.45) is 0 Å². The van der Waals surface area contributed by atoms with E-state index < -0.39 is 0 Å². The molecule has 1 aliphatic rings. The molecule has 28 heavy (non-hydrogen) atoms. The molecule has 1 saturated heterocycles. The van der Waals surface area contributed by atoms with Crippen molar-refractivity contribution < 1.29 is 9.59 Å². The number of hydrogen-bond acceptors (Lipinski definition) is 5. The van der Waals surface area contributed by atoms with E-state index in [0.717, 1.165) is 36.6 Å². The summed E-state index contributed by atoms with van der Waals surface area (Å²) in [5, 5.41) is 3.01. The van der Waals surface area contributed by atoms with E-state index in [-0.39, 0.29) is 11.8 Å². The average Bonchev–Trinajstić information content (AvgIpc) is 2.98. The maximum Gasteiger partial charge on any atom is 0.254 e. The summed E-state index contributed by atoms with van der Waals surface area (Å²) in [6, 6.07) is 11.3. The minimum Gasteiger partial charge on any atom is -0.337 e. The number of aromatic nitrogens is 1. The van der Waals surface area contributed by atoms with Gasteiger partial charge in [-0.2, -0.15) is 0 Å². The summed E-state index contributed by atoms with van der Waals surface area (Å²) in [5.41, 5.74) is 1.54. The van der Waals surface area contributed by atoms with Crippen molar-refractivity contribution in [1.29, 1.82) is 0 Å². The van der Waals surface area contributed by atoms with Crippen molar-refractivity contribution >= 4 is 29.3 Å². The third-order valence-electron chi connectivity index (χ3n) is 4.84. The van der Waals surface area contributed by atoms with Gasteiger partial charge in [0.25, 0.3) is 5.91 Å². The van der Waals surface area contributed by atoms with E-state index in [1.165, 1.54) is 0 Å². The Morgan fingerprint density at radius 2 is 1.86 bits per heavy atom. The van der Waals surface area contributed by atoms with Gasteiger partial charge in [0.05, 0.1) is 5.69 Å². The lowest BCUT2D eigenvalue weighted by atomic mass is 10.2. The van der Waals surface area contributed by atoms with Gasteiger partial charge >= 0.3 is 0 Å². The fraction of sp³-hybridized carbons (Fsp3) is 0.381. The molecule has 2 heterocycles. The van der Waals surface area contributed by atoms with Gasteiger partial charge in [-0.25, -0.2) is 0 Å². The fourth-order valence-corrected chi connectivity index (χ4v) is 3.85. The number of benzene rings is 1. The summed E-state index contributed by atoms with van der Waals surface area (Å²) in [7, 11) is 0. The fourth-order valence-electron chi connectivity index (χ4n) is 3.29. The first-order valence-corrected chi connectivity index (χ1v) is 10.7. The summed E-state index contributed by atoms with van der Waals surface area (Å²) >= 11 is 1.62. The first-order chi connectivity index (χ1) is 13.7. The molecule has 6 nitrogen and oxygen atoms in total. The van der Waals surface area contributed by atoms with Crippen LogP contribution in [0.4, 0.5) is 5.69 Å². The molecule has 2 amide bonds. The number of hydrogen-bond donors (Lipinski definition) is 1. The summed E-state index contributed by atoms with van der Waals surface area (Å²) in [4.78, 5) is 34.1. The minimum atomic E-state index is 0.0236. The largest absolute Gasteiger partial charge is 0.337 e. The Morgan fingerprint density at radius 1 is 1.07 bits per heavy atom. The van der Waals surface area contributed by atoms with Crippen molar-refractivity contribution in [2.45, 2.75) is 17.7 Å². The average molecular weight is 399 g/mol. The third-order valence-corrected chi connectivity index (χ3v) is 5.63. The van der Waals surface area contributed by atoms with Gasteiger partial charge in [0.2, 0.25) is 5.91 Å². The molecule has 0 spiro atoms. The van der Waals surface area contributed by atoms with Gasteiger partial charge < -0.3 is 15.1 Å². The maximum atomic E-state index is 12.6. The van der Waals surface area contributed by atoms with E-state index >= 15 is 0 Å². The number of anilines is 1. The van der Waals surface area contributed by atoms with Crippen LogP contribution in [-0.2, 0) is 4.79 Å². The van der Waals surface area contributed by atoms with Crippen LogP contribution >= 0.6 is 11.8 Å². The zero-order chi connectivity index (χ0) is 19.8. The van der Waals surface area contributed by atoms with Crippen molar-refractivity contribution in [3.8, 4) is 0 Å². The molecule has 0 unspecified atom stereocenters. The molecule has 0 bridgehead atoms. The molecule has 0 aliphatic carbocycles. The molecule has 1 aliphatic heterocycles. The number of thioether (sulfide) groups is 1. The lowest BCUT2D eigenvalue weighted by Gasteiger charge is -2.22. The molecule has 1 aromatic heterocycles. The summed E-state index contributed by atoms with van der Waals surface area (Å²) in [5.74, 6) is 0.0751. The Balaban J connectivity index is 1.47. The van der Waals surface area contributed by atoms with Crippen molar-refractivity contribution in [2.75, 3.05) is 44.3 Å². The van der Waals surface area contributed by atoms with Crippen LogP contribution in [0.5, 0.6) is 0 Å². The van der Waals surface area contributed by atoms with Gasteiger partial charge in [-0.1, -0.05) is 12.1 Å². The molecule has 1 aromatic carbocycles. The highest BCUT2D eigenvalue weighted by molar-refractivity contribution is 7.98. The first kappa shape index (κ1) is 20.4. The highest BCUT2D eigenvalue weighted by atomic mass is 32.2. The van der Waals surface area contributed by atoms with Crippen molar-refractivity contribution in [3.05, 3.63) is 54.4 Å². The minimum absolute atomic E-state index is 0.0236. The summed E-state index contributed by atoms with van der Waals surface area (Å²) in [6.45, 7) is 3.80. The highest BCUT2D eigenvalue weighted by Crippen LogP contribution is 2.24. The molecular weight excluding hydrogens is 372 g/mol. The number of pyridine rings is 1. The second-order valence-corrected chi connectivity index (χ2v) is 7.57. The maximum absolute atomic E-state index is 12.6. The molecule has 7 heteroatoms. The van der Waals surface area contributed by atoms with E-state index in [2.05, 4.69) is 15.2 Å². The Labute approximate surface area is 170 Å². The normalized spacial score (nSPS) is 15.1. The van der Waals surface area contributed by atoms with Gasteiger partial charge in [0.15, 0.2) is 0 Å². The van der Waals surface area contributed by atoms with Crippen LogP contribution < -0.4 is 5.32 Å². The van der Waals surface area contributed by atoms with E-state index in [1.807, 2.05) is 35.4 Å². The zero-order valence-electron chi connectivity index (χ0n) is 16.1. The lowest BCUT2D eigenvalue weighted by molar-refractivity contribution is -0.116. The van der Waals surface area contributed by atoms with Gasteiger partial charge in [-0.3, -0.25) is 14.6 Å². The predicted octanol–water partition coefficient (Wildman–Crippen LogP) is 2.98. The van der Waals surface area contributed by atoms with E-state index in [4.69, 9.17) is 0 Å². The van der Waals surface area contributed by atoms with Gasteiger partial charge in [0, 0.05) is 55.5 Å². The van der Waals surface area contributed by atoms with Gasteiger partial charge in [-0.05, 0) is 43.5 Å². The Bertz CT molecular complexity index is 800. The quantitative estimate of drug-likeness (QED) is 0.758. The second-order valence-electron chi connectivity index (χ2n) is 6.72. The Morgan fingerprint density at radius 3 is 2.64 bits per heavy atom. The number of nitrogens with zero attached hydrogens (tertiary/aromatic N) is 3. The SMILES string of the molecule is CSc1ccccc1NC(=O)CCN1CCCN(C(=O)c2ccncc2)CC1. The topological polar surface area (TPSA) is 65.5 Å². The zero-order valence-corrected chi connectivity index (χ0v) is 17.0. The number of carbonyl (C=O) groups excluding carboxylic acids is 2. The molecule has 0 radical (unpaired) electrons. The number of nitrogens with one attached hydrogen (secondary N) is 1. The second kappa shape index (κ2) is 10.2.